The zero-order chi connectivity index (χ0) is 16.7. The summed E-state index contributed by atoms with van der Waals surface area (Å²) in [6.07, 6.45) is 3.32. The van der Waals surface area contributed by atoms with E-state index in [1.54, 1.807) is 41.7 Å². The summed E-state index contributed by atoms with van der Waals surface area (Å²) in [5.74, 6) is 0.549. The number of carbonyl (C=O) groups is 1. The second-order valence-corrected chi connectivity index (χ2v) is 5.87. The number of imidazole rings is 1. The fourth-order valence-electron chi connectivity index (χ4n) is 1.96. The number of aromatic amines is 1. The number of benzene rings is 1. The molecule has 23 heavy (non-hydrogen) atoms. The Bertz CT molecular complexity index is 599. The Labute approximate surface area is 141 Å². The van der Waals surface area contributed by atoms with Crippen molar-refractivity contribution in [2.45, 2.75) is 6.54 Å². The number of nitrogens with zero attached hydrogens (tertiary/aromatic N) is 3. The minimum Gasteiger partial charge on any atom is -0.484 e. The molecule has 1 N–H and O–H groups in total. The van der Waals surface area contributed by atoms with Crippen LogP contribution in [0.5, 0.6) is 5.75 Å². The molecule has 1 amide bonds. The second kappa shape index (κ2) is 8.55. The molecular weight excluding hydrogens is 316 g/mol. The zero-order valence-corrected chi connectivity index (χ0v) is 14.1. The van der Waals surface area contributed by atoms with Crippen molar-refractivity contribution < 1.29 is 9.53 Å². The molecule has 0 atom stereocenters. The Morgan fingerprint density at radius 3 is 2.61 bits per heavy atom. The van der Waals surface area contributed by atoms with E-state index in [1.165, 1.54) is 0 Å². The highest BCUT2D eigenvalue weighted by molar-refractivity contribution is 6.30. The molecule has 6 nitrogen and oxygen atoms in total. The highest BCUT2D eigenvalue weighted by Gasteiger charge is 2.15. The monoisotopic (exact) mass is 336 g/mol. The van der Waals surface area contributed by atoms with E-state index in [1.807, 2.05) is 19.0 Å². The van der Waals surface area contributed by atoms with E-state index < -0.39 is 0 Å². The molecule has 0 aliphatic rings. The number of hydrogen-bond donors (Lipinski definition) is 1. The van der Waals surface area contributed by atoms with Gasteiger partial charge in [0.2, 0.25) is 0 Å². The Morgan fingerprint density at radius 1 is 1.26 bits per heavy atom. The number of hydrogen-bond acceptors (Lipinski definition) is 4. The molecule has 0 bridgehead atoms. The molecule has 1 aromatic carbocycles. The Hall–Kier alpha value is -2.05. The van der Waals surface area contributed by atoms with Gasteiger partial charge in [0.05, 0.1) is 18.6 Å². The van der Waals surface area contributed by atoms with Crippen LogP contribution in [-0.4, -0.2) is 59.5 Å². The minimum atomic E-state index is -0.0728. The molecule has 0 radical (unpaired) electrons. The van der Waals surface area contributed by atoms with Gasteiger partial charge in [-0.25, -0.2) is 4.98 Å². The first-order valence-electron chi connectivity index (χ1n) is 7.32. The van der Waals surface area contributed by atoms with E-state index >= 15 is 0 Å². The Morgan fingerprint density at radius 2 is 2.00 bits per heavy atom. The number of nitrogens with one attached hydrogen (secondary N) is 1. The first-order valence-corrected chi connectivity index (χ1v) is 7.70. The lowest BCUT2D eigenvalue weighted by Crippen LogP contribution is -2.39. The second-order valence-electron chi connectivity index (χ2n) is 5.44. The van der Waals surface area contributed by atoms with Crippen LogP contribution in [0.25, 0.3) is 0 Å². The zero-order valence-electron chi connectivity index (χ0n) is 13.3. The van der Waals surface area contributed by atoms with E-state index in [0.717, 1.165) is 12.2 Å². The normalized spacial score (nSPS) is 10.8. The number of rotatable bonds is 8. The van der Waals surface area contributed by atoms with Crippen LogP contribution in [0.4, 0.5) is 0 Å². The van der Waals surface area contributed by atoms with Gasteiger partial charge < -0.3 is 19.5 Å². The van der Waals surface area contributed by atoms with Gasteiger partial charge in [-0.1, -0.05) is 11.6 Å². The summed E-state index contributed by atoms with van der Waals surface area (Å²) < 4.78 is 5.54. The van der Waals surface area contributed by atoms with Crippen molar-refractivity contribution in [1.82, 2.24) is 19.8 Å². The molecular formula is C16H21ClN4O2. The fourth-order valence-corrected chi connectivity index (χ4v) is 2.08. The standard InChI is InChI=1S/C16H21ClN4O2/c1-20(2)7-8-21(10-14-9-18-12-19-14)16(22)11-23-15-5-3-13(17)4-6-15/h3-6,9,12H,7-8,10-11H2,1-2H3,(H,18,19). The van der Waals surface area contributed by atoms with E-state index in [9.17, 15) is 4.79 Å². The van der Waals surface area contributed by atoms with Crippen LogP contribution in [0.3, 0.4) is 0 Å². The summed E-state index contributed by atoms with van der Waals surface area (Å²) in [5.41, 5.74) is 0.892. The van der Waals surface area contributed by atoms with E-state index in [0.29, 0.717) is 23.9 Å². The predicted molar refractivity (Wildman–Crippen MR) is 89.5 cm³/mol. The molecule has 0 aliphatic heterocycles. The average Bonchev–Trinajstić information content (AvgIpc) is 3.03. The van der Waals surface area contributed by atoms with Gasteiger partial charge in [0, 0.05) is 24.3 Å². The third kappa shape index (κ3) is 5.92. The fraction of sp³-hybridized carbons (Fsp3) is 0.375. The van der Waals surface area contributed by atoms with Crippen LogP contribution >= 0.6 is 11.6 Å². The lowest BCUT2D eigenvalue weighted by atomic mass is 10.3. The molecule has 0 saturated carbocycles. The lowest BCUT2D eigenvalue weighted by molar-refractivity contribution is -0.134. The number of amides is 1. The third-order valence-electron chi connectivity index (χ3n) is 3.26. The van der Waals surface area contributed by atoms with Gasteiger partial charge in [-0.2, -0.15) is 0 Å². The quantitative estimate of drug-likeness (QED) is 0.801. The lowest BCUT2D eigenvalue weighted by Gasteiger charge is -2.24. The van der Waals surface area contributed by atoms with Crippen LogP contribution < -0.4 is 4.74 Å². The summed E-state index contributed by atoms with van der Waals surface area (Å²) in [6.45, 7) is 1.87. The molecule has 1 heterocycles. The van der Waals surface area contributed by atoms with Crippen molar-refractivity contribution in [2.75, 3.05) is 33.8 Å². The van der Waals surface area contributed by atoms with Gasteiger partial charge in [0.1, 0.15) is 5.75 Å². The molecule has 0 spiro atoms. The number of carbonyl (C=O) groups excluding carboxylic acids is 1. The number of aromatic nitrogens is 2. The van der Waals surface area contributed by atoms with Crippen molar-refractivity contribution in [2.24, 2.45) is 0 Å². The molecule has 0 aliphatic carbocycles. The van der Waals surface area contributed by atoms with Crippen LogP contribution in [-0.2, 0) is 11.3 Å². The molecule has 0 saturated heterocycles. The van der Waals surface area contributed by atoms with Crippen LogP contribution in [0.1, 0.15) is 5.69 Å². The van der Waals surface area contributed by atoms with Crippen molar-refractivity contribution in [3.63, 3.8) is 0 Å². The molecule has 7 heteroatoms. The summed E-state index contributed by atoms with van der Waals surface area (Å²) in [6, 6.07) is 6.95. The summed E-state index contributed by atoms with van der Waals surface area (Å²) in [7, 11) is 3.95. The molecule has 0 fully saturated rings. The topological polar surface area (TPSA) is 61.5 Å². The summed E-state index contributed by atoms with van der Waals surface area (Å²) >= 11 is 5.83. The molecule has 2 aromatic rings. The molecule has 1 aromatic heterocycles. The maximum absolute atomic E-state index is 12.4. The highest BCUT2D eigenvalue weighted by atomic mass is 35.5. The van der Waals surface area contributed by atoms with Gasteiger partial charge >= 0.3 is 0 Å². The SMILES string of the molecule is CN(C)CCN(Cc1cnc[nH]1)C(=O)COc1ccc(Cl)cc1. The molecule has 124 valence electrons. The summed E-state index contributed by atoms with van der Waals surface area (Å²) in [4.78, 5) is 23.2. The van der Waals surface area contributed by atoms with Gasteiger partial charge in [-0.3, -0.25) is 4.79 Å². The maximum atomic E-state index is 12.4. The van der Waals surface area contributed by atoms with Crippen LogP contribution in [0.15, 0.2) is 36.8 Å². The third-order valence-corrected chi connectivity index (χ3v) is 3.51. The van der Waals surface area contributed by atoms with Gasteiger partial charge in [0.25, 0.3) is 5.91 Å². The largest absolute Gasteiger partial charge is 0.484 e. The van der Waals surface area contributed by atoms with Crippen molar-refractivity contribution in [1.29, 1.82) is 0 Å². The molecule has 2 rings (SSSR count). The first-order chi connectivity index (χ1) is 11.0. The number of halogens is 1. The van der Waals surface area contributed by atoms with E-state index in [4.69, 9.17) is 16.3 Å². The van der Waals surface area contributed by atoms with Crippen LogP contribution in [0, 0.1) is 0 Å². The summed E-state index contributed by atoms with van der Waals surface area (Å²) in [5, 5.41) is 0.635. The highest BCUT2D eigenvalue weighted by Crippen LogP contribution is 2.15. The maximum Gasteiger partial charge on any atom is 0.260 e. The van der Waals surface area contributed by atoms with Gasteiger partial charge in [0.15, 0.2) is 6.61 Å². The van der Waals surface area contributed by atoms with Crippen molar-refractivity contribution >= 4 is 17.5 Å². The number of ether oxygens (including phenoxy) is 1. The van der Waals surface area contributed by atoms with Gasteiger partial charge in [-0.15, -0.1) is 0 Å². The minimum absolute atomic E-state index is 0.0107. The molecule has 0 unspecified atom stereocenters. The average molecular weight is 337 g/mol. The predicted octanol–water partition coefficient (Wildman–Crippen LogP) is 2.03. The Kier molecular flexibility index (Phi) is 6.43. The van der Waals surface area contributed by atoms with E-state index in [-0.39, 0.29) is 12.5 Å². The number of H-pyrrole nitrogens is 1. The Balaban J connectivity index is 1.93. The van der Waals surface area contributed by atoms with Crippen LogP contribution in [0.2, 0.25) is 5.02 Å². The first kappa shape index (κ1) is 17.3. The van der Waals surface area contributed by atoms with E-state index in [2.05, 4.69) is 9.97 Å². The van der Waals surface area contributed by atoms with Crippen molar-refractivity contribution in [3.05, 3.63) is 47.5 Å². The van der Waals surface area contributed by atoms with Gasteiger partial charge in [-0.05, 0) is 38.4 Å². The smallest absolute Gasteiger partial charge is 0.260 e. The number of likely N-dealkylation sites (N-methyl/N-ethyl adjacent to an activating group) is 1. The van der Waals surface area contributed by atoms with Crippen molar-refractivity contribution in [3.8, 4) is 5.75 Å².